The molecule has 122 valence electrons. The van der Waals surface area contributed by atoms with Gasteiger partial charge in [-0.15, -0.1) is 0 Å². The minimum absolute atomic E-state index is 0.0840. The van der Waals surface area contributed by atoms with E-state index in [4.69, 9.17) is 20.9 Å². The predicted molar refractivity (Wildman–Crippen MR) is 86.8 cm³/mol. The van der Waals surface area contributed by atoms with E-state index in [1.54, 1.807) is 24.3 Å². The number of nitrogens with one attached hydrogen (secondary N) is 1. The van der Waals surface area contributed by atoms with Crippen molar-refractivity contribution in [3.63, 3.8) is 0 Å². The minimum atomic E-state index is -4.38. The zero-order valence-electron chi connectivity index (χ0n) is 12.1. The van der Waals surface area contributed by atoms with Crippen molar-refractivity contribution < 1.29 is 22.5 Å². The van der Waals surface area contributed by atoms with Gasteiger partial charge in [-0.25, -0.2) is 0 Å². The molecule has 0 unspecified atom stereocenters. The van der Waals surface area contributed by atoms with Gasteiger partial charge in [-0.3, -0.25) is 9.35 Å². The highest BCUT2D eigenvalue weighted by Gasteiger charge is 2.14. The second-order valence-electron chi connectivity index (χ2n) is 4.53. The number of halogens is 1. The van der Waals surface area contributed by atoms with Gasteiger partial charge in [0.25, 0.3) is 16.0 Å². The second kappa shape index (κ2) is 6.99. The molecule has 0 atom stereocenters. The summed E-state index contributed by atoms with van der Waals surface area (Å²) in [6, 6.07) is 9.94. The topological polar surface area (TPSA) is 92.7 Å². The van der Waals surface area contributed by atoms with Gasteiger partial charge in [0.05, 0.1) is 22.2 Å². The molecule has 2 aromatic rings. The first-order valence-electron chi connectivity index (χ1n) is 6.62. The molecule has 0 heterocycles. The summed E-state index contributed by atoms with van der Waals surface area (Å²) in [5.74, 6) is 0.165. The monoisotopic (exact) mass is 355 g/mol. The fourth-order valence-corrected chi connectivity index (χ4v) is 2.50. The van der Waals surface area contributed by atoms with Crippen LogP contribution in [0.3, 0.4) is 0 Å². The van der Waals surface area contributed by atoms with E-state index in [1.807, 2.05) is 6.92 Å². The van der Waals surface area contributed by atoms with Crippen molar-refractivity contribution in [1.29, 1.82) is 0 Å². The lowest BCUT2D eigenvalue weighted by Gasteiger charge is -2.09. The van der Waals surface area contributed by atoms with E-state index in [-0.39, 0.29) is 15.6 Å². The predicted octanol–water partition coefficient (Wildman–Crippen LogP) is 3.24. The van der Waals surface area contributed by atoms with E-state index in [0.717, 1.165) is 12.1 Å². The molecule has 6 nitrogen and oxygen atoms in total. The standard InChI is InChI=1S/C15H14ClNO5S/c1-2-22-11-5-3-10(4-6-11)15(18)17-14-9-12(23(19,20)21)7-8-13(14)16/h3-9H,2H2,1H3,(H,17,18)(H,19,20,21). The molecule has 0 aliphatic carbocycles. The molecule has 0 aromatic heterocycles. The zero-order valence-corrected chi connectivity index (χ0v) is 13.7. The Hall–Kier alpha value is -2.09. The number of hydrogen-bond acceptors (Lipinski definition) is 4. The van der Waals surface area contributed by atoms with Gasteiger partial charge < -0.3 is 10.1 Å². The molecule has 2 aromatic carbocycles. The summed E-state index contributed by atoms with van der Waals surface area (Å²) in [6.07, 6.45) is 0. The lowest BCUT2D eigenvalue weighted by molar-refractivity contribution is 0.102. The Bertz CT molecular complexity index is 818. The van der Waals surface area contributed by atoms with Gasteiger partial charge in [-0.1, -0.05) is 11.6 Å². The summed E-state index contributed by atoms with van der Waals surface area (Å²) in [5, 5.41) is 2.65. The highest BCUT2D eigenvalue weighted by Crippen LogP contribution is 2.26. The van der Waals surface area contributed by atoms with Gasteiger partial charge in [0.1, 0.15) is 5.75 Å². The number of carbonyl (C=O) groups is 1. The fraction of sp³-hybridized carbons (Fsp3) is 0.133. The van der Waals surface area contributed by atoms with E-state index in [1.165, 1.54) is 6.07 Å². The van der Waals surface area contributed by atoms with Gasteiger partial charge in [0.2, 0.25) is 0 Å². The number of amides is 1. The molecule has 0 aliphatic rings. The first-order valence-corrected chi connectivity index (χ1v) is 8.44. The normalized spacial score (nSPS) is 11.1. The van der Waals surface area contributed by atoms with Crippen molar-refractivity contribution in [3.8, 4) is 5.75 Å². The number of benzene rings is 2. The first-order chi connectivity index (χ1) is 10.8. The van der Waals surface area contributed by atoms with E-state index in [9.17, 15) is 13.2 Å². The summed E-state index contributed by atoms with van der Waals surface area (Å²) in [6.45, 7) is 2.37. The zero-order chi connectivity index (χ0) is 17.0. The van der Waals surface area contributed by atoms with Gasteiger partial charge in [-0.05, 0) is 49.4 Å². The quantitative estimate of drug-likeness (QED) is 0.803. The Morgan fingerprint density at radius 2 is 1.87 bits per heavy atom. The molecule has 8 heteroatoms. The lowest BCUT2D eigenvalue weighted by atomic mass is 10.2. The highest BCUT2D eigenvalue weighted by atomic mass is 35.5. The van der Waals surface area contributed by atoms with Gasteiger partial charge in [0, 0.05) is 5.56 Å². The maximum Gasteiger partial charge on any atom is 0.294 e. The Labute approximate surface area is 138 Å². The van der Waals surface area contributed by atoms with Crippen LogP contribution >= 0.6 is 11.6 Å². The third-order valence-corrected chi connectivity index (χ3v) is 4.09. The summed E-state index contributed by atoms with van der Waals surface area (Å²) in [7, 11) is -4.38. The van der Waals surface area contributed by atoms with Gasteiger partial charge >= 0.3 is 0 Å². The van der Waals surface area contributed by atoms with Crippen LogP contribution in [0, 0.1) is 0 Å². The van der Waals surface area contributed by atoms with Crippen LogP contribution in [0.5, 0.6) is 5.75 Å². The van der Waals surface area contributed by atoms with Crippen LogP contribution in [0.1, 0.15) is 17.3 Å². The average Bonchev–Trinajstić information content (AvgIpc) is 2.49. The molecular weight excluding hydrogens is 342 g/mol. The molecule has 0 saturated carbocycles. The highest BCUT2D eigenvalue weighted by molar-refractivity contribution is 7.85. The molecule has 0 radical (unpaired) electrons. The Morgan fingerprint density at radius 3 is 2.43 bits per heavy atom. The molecular formula is C15H14ClNO5S. The third kappa shape index (κ3) is 4.44. The average molecular weight is 356 g/mol. The Balaban J connectivity index is 2.23. The van der Waals surface area contributed by atoms with Crippen LogP contribution in [0.2, 0.25) is 5.02 Å². The SMILES string of the molecule is CCOc1ccc(C(=O)Nc2cc(S(=O)(=O)O)ccc2Cl)cc1. The molecule has 0 fully saturated rings. The fourth-order valence-electron chi connectivity index (χ4n) is 1.82. The lowest BCUT2D eigenvalue weighted by Crippen LogP contribution is -2.12. The molecule has 23 heavy (non-hydrogen) atoms. The van der Waals surface area contributed by atoms with Crippen LogP contribution in [0.25, 0.3) is 0 Å². The first kappa shape index (κ1) is 17.3. The number of carbonyl (C=O) groups excluding carboxylic acids is 1. The molecule has 0 saturated heterocycles. The third-order valence-electron chi connectivity index (χ3n) is 2.91. The smallest absolute Gasteiger partial charge is 0.294 e. The summed E-state index contributed by atoms with van der Waals surface area (Å²) in [4.78, 5) is 11.8. The van der Waals surface area contributed by atoms with E-state index < -0.39 is 16.0 Å². The van der Waals surface area contributed by atoms with Crippen molar-refractivity contribution in [1.82, 2.24) is 0 Å². The molecule has 0 bridgehead atoms. The molecule has 0 spiro atoms. The summed E-state index contributed by atoms with van der Waals surface area (Å²) >= 11 is 5.93. The number of ether oxygens (including phenoxy) is 1. The molecule has 1 amide bonds. The van der Waals surface area contributed by atoms with Crippen molar-refractivity contribution in [2.45, 2.75) is 11.8 Å². The summed E-state index contributed by atoms with van der Waals surface area (Å²) in [5.41, 5.74) is 0.433. The molecule has 2 rings (SSSR count). The molecule has 2 N–H and O–H groups in total. The van der Waals surface area contributed by atoms with Crippen molar-refractivity contribution in [2.24, 2.45) is 0 Å². The maximum absolute atomic E-state index is 12.2. The number of anilines is 1. The van der Waals surface area contributed by atoms with Crippen LogP contribution in [-0.4, -0.2) is 25.5 Å². The van der Waals surface area contributed by atoms with Crippen LogP contribution in [0.15, 0.2) is 47.4 Å². The second-order valence-corrected chi connectivity index (χ2v) is 6.36. The van der Waals surface area contributed by atoms with Crippen molar-refractivity contribution in [3.05, 3.63) is 53.1 Å². The van der Waals surface area contributed by atoms with Crippen molar-refractivity contribution >= 4 is 33.3 Å². The maximum atomic E-state index is 12.2. The number of hydrogen-bond donors (Lipinski definition) is 2. The van der Waals surface area contributed by atoms with E-state index in [2.05, 4.69) is 5.32 Å². The Morgan fingerprint density at radius 1 is 1.22 bits per heavy atom. The van der Waals surface area contributed by atoms with E-state index in [0.29, 0.717) is 17.9 Å². The largest absolute Gasteiger partial charge is 0.494 e. The van der Waals surface area contributed by atoms with Crippen LogP contribution < -0.4 is 10.1 Å². The minimum Gasteiger partial charge on any atom is -0.494 e. The van der Waals surface area contributed by atoms with Crippen molar-refractivity contribution in [2.75, 3.05) is 11.9 Å². The number of rotatable bonds is 5. The Kier molecular flexibility index (Phi) is 5.25. The van der Waals surface area contributed by atoms with Gasteiger partial charge in [0.15, 0.2) is 0 Å². The van der Waals surface area contributed by atoms with Crippen LogP contribution in [-0.2, 0) is 10.1 Å². The summed E-state index contributed by atoms with van der Waals surface area (Å²) < 4.78 is 36.6. The van der Waals surface area contributed by atoms with Crippen LogP contribution in [0.4, 0.5) is 5.69 Å². The van der Waals surface area contributed by atoms with E-state index >= 15 is 0 Å². The van der Waals surface area contributed by atoms with Gasteiger partial charge in [-0.2, -0.15) is 8.42 Å². The molecule has 0 aliphatic heterocycles.